The highest BCUT2D eigenvalue weighted by Crippen LogP contribution is 2.21. The van der Waals surface area contributed by atoms with E-state index in [0.29, 0.717) is 10.8 Å². The number of anilines is 1. The minimum atomic E-state index is -0.198. The first-order chi connectivity index (χ1) is 10.2. The minimum absolute atomic E-state index is 0.198. The summed E-state index contributed by atoms with van der Waals surface area (Å²) in [6, 6.07) is 13.2. The average molecular weight is 360 g/mol. The van der Waals surface area contributed by atoms with Crippen LogP contribution in [0.1, 0.15) is 9.67 Å². The van der Waals surface area contributed by atoms with E-state index in [0.717, 1.165) is 15.7 Å². The van der Waals surface area contributed by atoms with Crippen LogP contribution in [0.15, 0.2) is 58.5 Å². The fourth-order valence-electron chi connectivity index (χ4n) is 1.80. The fraction of sp³-hybridized carbons (Fsp3) is 0. The number of hydrogen-bond donors (Lipinski definition) is 1. The molecule has 0 aliphatic heterocycles. The SMILES string of the molecule is O=C(Nc1nccc(-c2cccc(Br)c2)n1)c1cccs1. The second kappa shape index (κ2) is 6.15. The molecule has 0 bridgehead atoms. The summed E-state index contributed by atoms with van der Waals surface area (Å²) in [4.78, 5) is 21.1. The third-order valence-corrected chi connectivity index (χ3v) is 4.11. The largest absolute Gasteiger partial charge is 0.290 e. The highest BCUT2D eigenvalue weighted by Gasteiger charge is 2.09. The Morgan fingerprint density at radius 2 is 2.10 bits per heavy atom. The molecule has 0 saturated heterocycles. The zero-order valence-electron chi connectivity index (χ0n) is 10.8. The molecule has 104 valence electrons. The van der Waals surface area contributed by atoms with Gasteiger partial charge in [0.05, 0.1) is 10.6 Å². The molecule has 0 unspecified atom stereocenters. The molecule has 0 atom stereocenters. The van der Waals surface area contributed by atoms with Gasteiger partial charge in [-0.25, -0.2) is 9.97 Å². The van der Waals surface area contributed by atoms with Crippen molar-refractivity contribution < 1.29 is 4.79 Å². The van der Waals surface area contributed by atoms with Crippen molar-refractivity contribution in [3.63, 3.8) is 0 Å². The number of amides is 1. The van der Waals surface area contributed by atoms with Crippen molar-refractivity contribution in [2.45, 2.75) is 0 Å². The van der Waals surface area contributed by atoms with Gasteiger partial charge in [-0.05, 0) is 29.6 Å². The van der Waals surface area contributed by atoms with E-state index in [1.54, 1.807) is 12.3 Å². The number of carbonyl (C=O) groups excluding carboxylic acids is 1. The van der Waals surface area contributed by atoms with Gasteiger partial charge in [0.1, 0.15) is 0 Å². The van der Waals surface area contributed by atoms with Crippen LogP contribution in [0.3, 0.4) is 0 Å². The lowest BCUT2D eigenvalue weighted by Crippen LogP contribution is -2.12. The molecule has 0 aliphatic carbocycles. The first-order valence-electron chi connectivity index (χ1n) is 6.16. The zero-order chi connectivity index (χ0) is 14.7. The number of benzene rings is 1. The molecule has 6 heteroatoms. The number of nitrogens with zero attached hydrogens (tertiary/aromatic N) is 2. The van der Waals surface area contributed by atoms with Crippen LogP contribution >= 0.6 is 27.3 Å². The minimum Gasteiger partial charge on any atom is -0.290 e. The third-order valence-electron chi connectivity index (χ3n) is 2.75. The normalized spacial score (nSPS) is 10.3. The van der Waals surface area contributed by atoms with Crippen molar-refractivity contribution in [1.82, 2.24) is 9.97 Å². The summed E-state index contributed by atoms with van der Waals surface area (Å²) in [6.45, 7) is 0. The molecule has 2 heterocycles. The van der Waals surface area contributed by atoms with Gasteiger partial charge in [0.2, 0.25) is 5.95 Å². The van der Waals surface area contributed by atoms with E-state index >= 15 is 0 Å². The topological polar surface area (TPSA) is 54.9 Å². The molecule has 0 saturated carbocycles. The Kier molecular flexibility index (Phi) is 4.08. The molecule has 0 fully saturated rings. The van der Waals surface area contributed by atoms with Gasteiger partial charge in [-0.15, -0.1) is 11.3 Å². The van der Waals surface area contributed by atoms with E-state index in [9.17, 15) is 4.79 Å². The maximum absolute atomic E-state index is 12.0. The van der Waals surface area contributed by atoms with Gasteiger partial charge in [-0.3, -0.25) is 10.1 Å². The number of carbonyl (C=O) groups is 1. The average Bonchev–Trinajstić information content (AvgIpc) is 3.02. The van der Waals surface area contributed by atoms with Crippen LogP contribution in [0, 0.1) is 0 Å². The fourth-order valence-corrected chi connectivity index (χ4v) is 2.82. The Labute approximate surface area is 134 Å². The lowest BCUT2D eigenvalue weighted by Gasteiger charge is -2.05. The molecular weight excluding hydrogens is 350 g/mol. The predicted octanol–water partition coefficient (Wildman–Crippen LogP) is 4.22. The number of nitrogens with one attached hydrogen (secondary N) is 1. The molecule has 3 aromatic rings. The summed E-state index contributed by atoms with van der Waals surface area (Å²) in [5, 5.41) is 4.56. The highest BCUT2D eigenvalue weighted by molar-refractivity contribution is 9.10. The standard InChI is InChI=1S/C15H10BrN3OS/c16-11-4-1-3-10(9-11)12-6-7-17-15(18-12)19-14(20)13-5-2-8-21-13/h1-9H,(H,17,18,19,20). The van der Waals surface area contributed by atoms with Crippen molar-refractivity contribution in [3.05, 3.63) is 63.4 Å². The summed E-state index contributed by atoms with van der Waals surface area (Å²) >= 11 is 4.81. The summed E-state index contributed by atoms with van der Waals surface area (Å²) in [5.74, 6) is 0.0993. The van der Waals surface area contributed by atoms with Gasteiger partial charge in [0.15, 0.2) is 0 Å². The van der Waals surface area contributed by atoms with E-state index in [1.807, 2.05) is 41.8 Å². The van der Waals surface area contributed by atoms with Gasteiger partial charge in [0, 0.05) is 16.2 Å². The van der Waals surface area contributed by atoms with Crippen molar-refractivity contribution in [1.29, 1.82) is 0 Å². The molecule has 2 aromatic heterocycles. The molecule has 1 amide bonds. The lowest BCUT2D eigenvalue weighted by molar-refractivity contribution is 0.102. The van der Waals surface area contributed by atoms with Crippen molar-refractivity contribution in [2.24, 2.45) is 0 Å². The quantitative estimate of drug-likeness (QED) is 0.761. The molecule has 1 aromatic carbocycles. The van der Waals surface area contributed by atoms with Crippen LogP contribution in [0.5, 0.6) is 0 Å². The van der Waals surface area contributed by atoms with Crippen molar-refractivity contribution >= 4 is 39.1 Å². The van der Waals surface area contributed by atoms with Gasteiger partial charge in [-0.1, -0.05) is 34.1 Å². The molecule has 21 heavy (non-hydrogen) atoms. The van der Waals surface area contributed by atoms with Crippen LogP contribution in [0.25, 0.3) is 11.3 Å². The van der Waals surface area contributed by atoms with E-state index in [1.165, 1.54) is 11.3 Å². The molecule has 0 spiro atoms. The molecular formula is C15H10BrN3OS. The molecule has 0 aliphatic rings. The molecule has 1 N–H and O–H groups in total. The third kappa shape index (κ3) is 3.34. The maximum Gasteiger partial charge on any atom is 0.268 e. The van der Waals surface area contributed by atoms with Crippen molar-refractivity contribution in [3.8, 4) is 11.3 Å². The van der Waals surface area contributed by atoms with Crippen LogP contribution in [0.4, 0.5) is 5.95 Å². The van der Waals surface area contributed by atoms with Crippen LogP contribution in [0.2, 0.25) is 0 Å². The van der Waals surface area contributed by atoms with Crippen LogP contribution < -0.4 is 5.32 Å². The number of halogens is 1. The second-order valence-corrected chi connectivity index (χ2v) is 6.07. The molecule has 3 rings (SSSR count). The molecule has 0 radical (unpaired) electrons. The van der Waals surface area contributed by atoms with E-state index in [-0.39, 0.29) is 5.91 Å². The number of rotatable bonds is 3. The van der Waals surface area contributed by atoms with Gasteiger partial charge < -0.3 is 0 Å². The van der Waals surface area contributed by atoms with Gasteiger partial charge in [-0.2, -0.15) is 0 Å². The smallest absolute Gasteiger partial charge is 0.268 e. The Bertz CT molecular complexity index is 774. The summed E-state index contributed by atoms with van der Waals surface area (Å²) in [7, 11) is 0. The maximum atomic E-state index is 12.0. The second-order valence-electron chi connectivity index (χ2n) is 4.21. The summed E-state index contributed by atoms with van der Waals surface area (Å²) < 4.78 is 0.975. The van der Waals surface area contributed by atoms with Crippen LogP contribution in [-0.2, 0) is 0 Å². The first kappa shape index (κ1) is 13.9. The van der Waals surface area contributed by atoms with Gasteiger partial charge >= 0.3 is 0 Å². The Hall–Kier alpha value is -2.05. The van der Waals surface area contributed by atoms with Crippen molar-refractivity contribution in [2.75, 3.05) is 5.32 Å². The summed E-state index contributed by atoms with van der Waals surface area (Å²) in [5.41, 5.74) is 1.71. The number of hydrogen-bond acceptors (Lipinski definition) is 4. The van der Waals surface area contributed by atoms with E-state index in [4.69, 9.17) is 0 Å². The van der Waals surface area contributed by atoms with Crippen LogP contribution in [-0.4, -0.2) is 15.9 Å². The van der Waals surface area contributed by atoms with E-state index in [2.05, 4.69) is 31.2 Å². The first-order valence-corrected chi connectivity index (χ1v) is 7.83. The van der Waals surface area contributed by atoms with Gasteiger partial charge in [0.25, 0.3) is 5.91 Å². The zero-order valence-corrected chi connectivity index (χ0v) is 13.2. The molecule has 4 nitrogen and oxygen atoms in total. The summed E-state index contributed by atoms with van der Waals surface area (Å²) in [6.07, 6.45) is 1.63. The highest BCUT2D eigenvalue weighted by atomic mass is 79.9. The Morgan fingerprint density at radius 1 is 1.19 bits per heavy atom. The predicted molar refractivity (Wildman–Crippen MR) is 87.4 cm³/mol. The monoisotopic (exact) mass is 359 g/mol. The number of thiophene rings is 1. The Morgan fingerprint density at radius 3 is 2.86 bits per heavy atom. The lowest BCUT2D eigenvalue weighted by atomic mass is 10.1. The number of aromatic nitrogens is 2. The van der Waals surface area contributed by atoms with E-state index < -0.39 is 0 Å². The Balaban J connectivity index is 1.85.